The summed E-state index contributed by atoms with van der Waals surface area (Å²) in [5, 5.41) is 21.7. The highest BCUT2D eigenvalue weighted by Crippen LogP contribution is 2.29. The van der Waals surface area contributed by atoms with E-state index in [-0.39, 0.29) is 38.1 Å². The Kier molecular flexibility index (Phi) is 7.43. The minimum Gasteiger partial charge on any atom is -0.395 e. The Morgan fingerprint density at radius 3 is 2.16 bits per heavy atom. The van der Waals surface area contributed by atoms with Gasteiger partial charge in [-0.2, -0.15) is 0 Å². The summed E-state index contributed by atoms with van der Waals surface area (Å²) in [4.78, 5) is 26.8. The number of rotatable bonds is 7. The highest BCUT2D eigenvalue weighted by molar-refractivity contribution is 6.30. The fraction of sp³-hybridized carbons (Fsp3) is 0.444. The van der Waals surface area contributed by atoms with Crippen LogP contribution >= 0.6 is 11.6 Å². The molecule has 1 aliphatic carbocycles. The van der Waals surface area contributed by atoms with Crippen molar-refractivity contribution in [3.05, 3.63) is 41.4 Å². The van der Waals surface area contributed by atoms with E-state index in [4.69, 9.17) is 21.8 Å². The van der Waals surface area contributed by atoms with E-state index in [1.807, 2.05) is 12.2 Å². The lowest BCUT2D eigenvalue weighted by atomic mass is 9.81. The van der Waals surface area contributed by atoms with E-state index in [2.05, 4.69) is 5.32 Å². The lowest BCUT2D eigenvalue weighted by Crippen LogP contribution is -2.45. The van der Waals surface area contributed by atoms with Crippen LogP contribution in [0.15, 0.2) is 36.4 Å². The maximum absolute atomic E-state index is 12.8. The SMILES string of the molecule is O=C(Nc1ccc(Cl)cc1)C1CC=CCC1C(=O)N(CCO)CCO. The number of anilines is 1. The van der Waals surface area contributed by atoms with Gasteiger partial charge in [-0.05, 0) is 37.1 Å². The van der Waals surface area contributed by atoms with Crippen LogP contribution in [0.25, 0.3) is 0 Å². The predicted molar refractivity (Wildman–Crippen MR) is 96.2 cm³/mol. The Morgan fingerprint density at radius 1 is 1.04 bits per heavy atom. The molecular formula is C18H23ClN2O4. The van der Waals surface area contributed by atoms with Gasteiger partial charge in [0.25, 0.3) is 0 Å². The van der Waals surface area contributed by atoms with Gasteiger partial charge in [0.15, 0.2) is 0 Å². The number of allylic oxidation sites excluding steroid dienone is 2. The van der Waals surface area contributed by atoms with Crippen molar-refractivity contribution in [1.82, 2.24) is 4.90 Å². The zero-order valence-corrected chi connectivity index (χ0v) is 14.7. The molecule has 1 aromatic rings. The third-order valence-electron chi connectivity index (χ3n) is 4.25. The molecule has 25 heavy (non-hydrogen) atoms. The van der Waals surface area contributed by atoms with Crippen LogP contribution < -0.4 is 5.32 Å². The second-order valence-electron chi connectivity index (χ2n) is 5.92. The quantitative estimate of drug-likeness (QED) is 0.640. The molecule has 2 amide bonds. The van der Waals surface area contributed by atoms with E-state index < -0.39 is 11.8 Å². The molecule has 0 radical (unpaired) electrons. The lowest BCUT2D eigenvalue weighted by Gasteiger charge is -2.31. The maximum Gasteiger partial charge on any atom is 0.228 e. The average Bonchev–Trinajstić information content (AvgIpc) is 2.63. The van der Waals surface area contributed by atoms with Gasteiger partial charge in [0.1, 0.15) is 0 Å². The van der Waals surface area contributed by atoms with Gasteiger partial charge >= 0.3 is 0 Å². The fourth-order valence-electron chi connectivity index (χ4n) is 2.95. The number of halogens is 1. The van der Waals surface area contributed by atoms with Crippen LogP contribution in [0.5, 0.6) is 0 Å². The number of aliphatic hydroxyl groups is 2. The lowest BCUT2D eigenvalue weighted by molar-refractivity contribution is -0.141. The molecule has 0 spiro atoms. The monoisotopic (exact) mass is 366 g/mol. The first-order valence-electron chi connectivity index (χ1n) is 8.28. The number of carbonyl (C=O) groups excluding carboxylic acids is 2. The zero-order valence-electron chi connectivity index (χ0n) is 13.9. The highest BCUT2D eigenvalue weighted by Gasteiger charge is 2.36. The second kappa shape index (κ2) is 9.56. The maximum atomic E-state index is 12.8. The van der Waals surface area contributed by atoms with Crippen molar-refractivity contribution in [3.8, 4) is 0 Å². The summed E-state index contributed by atoms with van der Waals surface area (Å²) in [6.07, 6.45) is 4.73. The molecule has 0 bridgehead atoms. The van der Waals surface area contributed by atoms with Crippen molar-refractivity contribution < 1.29 is 19.8 Å². The summed E-state index contributed by atoms with van der Waals surface area (Å²) in [7, 11) is 0. The van der Waals surface area contributed by atoms with Crippen molar-refractivity contribution in [3.63, 3.8) is 0 Å². The van der Waals surface area contributed by atoms with Crippen LogP contribution in [0.2, 0.25) is 5.02 Å². The van der Waals surface area contributed by atoms with Crippen LogP contribution in [0.4, 0.5) is 5.69 Å². The highest BCUT2D eigenvalue weighted by atomic mass is 35.5. The number of carbonyl (C=O) groups is 2. The molecule has 0 heterocycles. The standard InChI is InChI=1S/C18H23ClN2O4/c19-13-5-7-14(8-6-13)20-17(24)15-3-1-2-4-16(15)18(25)21(9-11-22)10-12-23/h1-2,5-8,15-16,22-23H,3-4,9-12H2,(H,20,24). The Morgan fingerprint density at radius 2 is 1.60 bits per heavy atom. The molecule has 0 aliphatic heterocycles. The summed E-state index contributed by atoms with van der Waals surface area (Å²) < 4.78 is 0. The van der Waals surface area contributed by atoms with E-state index in [0.717, 1.165) is 0 Å². The summed E-state index contributed by atoms with van der Waals surface area (Å²) in [5.74, 6) is -1.44. The number of aliphatic hydroxyl groups excluding tert-OH is 2. The summed E-state index contributed by atoms with van der Waals surface area (Å²) in [6, 6.07) is 6.79. The summed E-state index contributed by atoms with van der Waals surface area (Å²) in [5.41, 5.74) is 0.623. The molecule has 0 saturated carbocycles. The average molecular weight is 367 g/mol. The van der Waals surface area contributed by atoms with Crippen LogP contribution in [-0.2, 0) is 9.59 Å². The molecule has 3 N–H and O–H groups in total. The Labute approximate surface area is 152 Å². The summed E-state index contributed by atoms with van der Waals surface area (Å²) >= 11 is 5.84. The van der Waals surface area contributed by atoms with Gasteiger partial charge in [0.2, 0.25) is 11.8 Å². The third kappa shape index (κ3) is 5.29. The van der Waals surface area contributed by atoms with Crippen molar-refractivity contribution in [1.29, 1.82) is 0 Å². The Bertz CT molecular complexity index is 612. The largest absolute Gasteiger partial charge is 0.395 e. The van der Waals surface area contributed by atoms with Crippen LogP contribution in [0.3, 0.4) is 0 Å². The molecule has 6 nitrogen and oxygen atoms in total. The normalized spacial score (nSPS) is 19.5. The van der Waals surface area contributed by atoms with Crippen molar-refractivity contribution in [2.24, 2.45) is 11.8 Å². The number of nitrogens with zero attached hydrogens (tertiary/aromatic N) is 1. The molecule has 0 saturated heterocycles. The van der Waals surface area contributed by atoms with Gasteiger partial charge in [-0.15, -0.1) is 0 Å². The minimum absolute atomic E-state index is 0.144. The summed E-state index contributed by atoms with van der Waals surface area (Å²) in [6.45, 7) is -0.0812. The van der Waals surface area contributed by atoms with Crippen LogP contribution in [0.1, 0.15) is 12.8 Å². The number of hydrogen-bond acceptors (Lipinski definition) is 4. The van der Waals surface area contributed by atoms with E-state index in [1.165, 1.54) is 4.90 Å². The van der Waals surface area contributed by atoms with Crippen molar-refractivity contribution in [2.45, 2.75) is 12.8 Å². The number of hydrogen-bond donors (Lipinski definition) is 3. The molecule has 2 atom stereocenters. The van der Waals surface area contributed by atoms with Crippen molar-refractivity contribution >= 4 is 29.1 Å². The Balaban J connectivity index is 2.10. The smallest absolute Gasteiger partial charge is 0.228 e. The first-order valence-corrected chi connectivity index (χ1v) is 8.66. The molecule has 1 aromatic carbocycles. The van der Waals surface area contributed by atoms with E-state index in [0.29, 0.717) is 23.6 Å². The van der Waals surface area contributed by atoms with E-state index in [9.17, 15) is 9.59 Å². The number of nitrogens with one attached hydrogen (secondary N) is 1. The predicted octanol–water partition coefficient (Wildman–Crippen LogP) is 1.67. The first kappa shape index (κ1) is 19.4. The van der Waals surface area contributed by atoms with Gasteiger partial charge < -0.3 is 20.4 Å². The molecule has 0 aromatic heterocycles. The molecule has 2 unspecified atom stereocenters. The van der Waals surface area contributed by atoms with Crippen molar-refractivity contribution in [2.75, 3.05) is 31.6 Å². The van der Waals surface area contributed by atoms with Gasteiger partial charge in [0.05, 0.1) is 25.0 Å². The molecule has 0 fully saturated rings. The fourth-order valence-corrected chi connectivity index (χ4v) is 3.08. The van der Waals surface area contributed by atoms with Gasteiger partial charge in [-0.1, -0.05) is 23.8 Å². The van der Waals surface area contributed by atoms with Crippen LogP contribution in [-0.4, -0.2) is 53.2 Å². The first-order chi connectivity index (χ1) is 12.1. The molecular weight excluding hydrogens is 344 g/mol. The minimum atomic E-state index is -0.504. The third-order valence-corrected chi connectivity index (χ3v) is 4.50. The molecule has 2 rings (SSSR count). The van der Waals surface area contributed by atoms with Crippen LogP contribution in [0, 0.1) is 11.8 Å². The Hall–Kier alpha value is -1.89. The topological polar surface area (TPSA) is 89.9 Å². The second-order valence-corrected chi connectivity index (χ2v) is 6.36. The number of benzene rings is 1. The molecule has 1 aliphatic rings. The zero-order chi connectivity index (χ0) is 18.2. The van der Waals surface area contributed by atoms with E-state index >= 15 is 0 Å². The molecule has 136 valence electrons. The van der Waals surface area contributed by atoms with Gasteiger partial charge in [-0.3, -0.25) is 9.59 Å². The van der Waals surface area contributed by atoms with E-state index in [1.54, 1.807) is 24.3 Å². The molecule has 7 heteroatoms. The van der Waals surface area contributed by atoms with Gasteiger partial charge in [-0.25, -0.2) is 0 Å². The van der Waals surface area contributed by atoms with Gasteiger partial charge in [0, 0.05) is 23.8 Å². The number of amides is 2.